The smallest absolute Gasteiger partial charge is 0.152 e. The van der Waals surface area contributed by atoms with E-state index in [4.69, 9.17) is 0 Å². The summed E-state index contributed by atoms with van der Waals surface area (Å²) in [6, 6.07) is 0.423. The fourth-order valence-corrected chi connectivity index (χ4v) is 1.82. The summed E-state index contributed by atoms with van der Waals surface area (Å²) < 4.78 is 0. The van der Waals surface area contributed by atoms with Gasteiger partial charge in [0.05, 0.1) is 6.04 Å². The van der Waals surface area contributed by atoms with Gasteiger partial charge in [-0.05, 0) is 18.4 Å². The standard InChI is InChI=1S/C11H23NOS/c1-8(2)11(13)10(6-7-14-5)12-9(3)4/h8-10,12H,6-7H2,1-5H3/t10-/m0/s1. The molecule has 0 heterocycles. The average molecular weight is 217 g/mol. The van der Waals surface area contributed by atoms with Gasteiger partial charge >= 0.3 is 0 Å². The van der Waals surface area contributed by atoms with Crippen LogP contribution in [0.5, 0.6) is 0 Å². The van der Waals surface area contributed by atoms with Crippen LogP contribution in [0, 0.1) is 5.92 Å². The van der Waals surface area contributed by atoms with Crippen molar-refractivity contribution >= 4 is 17.5 Å². The fourth-order valence-electron chi connectivity index (χ4n) is 1.35. The first kappa shape index (κ1) is 14.0. The Morgan fingerprint density at radius 3 is 2.21 bits per heavy atom. The van der Waals surface area contributed by atoms with E-state index in [9.17, 15) is 4.79 Å². The quantitative estimate of drug-likeness (QED) is 0.709. The molecule has 14 heavy (non-hydrogen) atoms. The minimum absolute atomic E-state index is 0.0439. The third-order valence-corrected chi connectivity index (χ3v) is 2.70. The van der Waals surface area contributed by atoms with E-state index in [0.29, 0.717) is 11.8 Å². The highest BCUT2D eigenvalue weighted by Gasteiger charge is 2.20. The van der Waals surface area contributed by atoms with E-state index in [2.05, 4.69) is 25.4 Å². The lowest BCUT2D eigenvalue weighted by Gasteiger charge is -2.21. The zero-order valence-electron chi connectivity index (χ0n) is 9.96. The van der Waals surface area contributed by atoms with E-state index in [1.807, 2.05) is 13.8 Å². The predicted molar refractivity (Wildman–Crippen MR) is 64.9 cm³/mol. The average Bonchev–Trinajstić information content (AvgIpc) is 2.10. The number of rotatable bonds is 7. The van der Waals surface area contributed by atoms with Crippen LogP contribution in [0.1, 0.15) is 34.1 Å². The molecule has 0 unspecified atom stereocenters. The van der Waals surface area contributed by atoms with Crippen molar-refractivity contribution in [2.45, 2.75) is 46.2 Å². The van der Waals surface area contributed by atoms with Crippen molar-refractivity contribution in [3.63, 3.8) is 0 Å². The first-order valence-corrected chi connectivity index (χ1v) is 6.67. The lowest BCUT2D eigenvalue weighted by molar-refractivity contribution is -0.124. The summed E-state index contributed by atoms with van der Waals surface area (Å²) >= 11 is 1.79. The van der Waals surface area contributed by atoms with E-state index in [-0.39, 0.29) is 12.0 Å². The summed E-state index contributed by atoms with van der Waals surface area (Å²) in [5.74, 6) is 1.52. The second kappa shape index (κ2) is 7.30. The van der Waals surface area contributed by atoms with Crippen molar-refractivity contribution in [3.8, 4) is 0 Å². The van der Waals surface area contributed by atoms with Gasteiger partial charge in [-0.3, -0.25) is 4.79 Å². The Labute approximate surface area is 92.2 Å². The molecule has 0 saturated carbocycles. The van der Waals surface area contributed by atoms with Gasteiger partial charge in [0.1, 0.15) is 0 Å². The largest absolute Gasteiger partial charge is 0.305 e. The Kier molecular flexibility index (Phi) is 7.28. The van der Waals surface area contributed by atoms with E-state index >= 15 is 0 Å². The first-order chi connectivity index (χ1) is 6.49. The monoisotopic (exact) mass is 217 g/mol. The molecule has 0 aromatic heterocycles. The lowest BCUT2D eigenvalue weighted by Crippen LogP contribution is -2.43. The zero-order chi connectivity index (χ0) is 11.1. The number of nitrogens with one attached hydrogen (secondary N) is 1. The van der Waals surface area contributed by atoms with Crippen molar-refractivity contribution in [2.75, 3.05) is 12.0 Å². The maximum absolute atomic E-state index is 11.8. The van der Waals surface area contributed by atoms with Gasteiger partial charge in [0.15, 0.2) is 5.78 Å². The van der Waals surface area contributed by atoms with E-state index < -0.39 is 0 Å². The maximum atomic E-state index is 11.8. The Morgan fingerprint density at radius 2 is 1.86 bits per heavy atom. The van der Waals surface area contributed by atoms with E-state index in [1.165, 1.54) is 0 Å². The molecule has 0 aromatic rings. The summed E-state index contributed by atoms with van der Waals surface area (Å²) in [6.45, 7) is 8.10. The molecular formula is C11H23NOS. The third-order valence-electron chi connectivity index (χ3n) is 2.06. The molecular weight excluding hydrogens is 194 g/mol. The van der Waals surface area contributed by atoms with Gasteiger partial charge in [-0.2, -0.15) is 11.8 Å². The van der Waals surface area contributed by atoms with Crippen LogP contribution in [0.3, 0.4) is 0 Å². The summed E-state index contributed by atoms with van der Waals surface area (Å²) in [5, 5.41) is 3.33. The number of Topliss-reactive ketones (excluding diaryl/α,β-unsaturated/α-hetero) is 1. The number of carbonyl (C=O) groups is 1. The molecule has 0 aromatic carbocycles. The zero-order valence-corrected chi connectivity index (χ0v) is 10.8. The Morgan fingerprint density at radius 1 is 1.29 bits per heavy atom. The minimum atomic E-state index is 0.0439. The van der Waals surface area contributed by atoms with Crippen LogP contribution in [0.4, 0.5) is 0 Å². The van der Waals surface area contributed by atoms with Crippen LogP contribution in [0.15, 0.2) is 0 Å². The van der Waals surface area contributed by atoms with Crippen molar-refractivity contribution in [1.29, 1.82) is 0 Å². The Balaban J connectivity index is 4.15. The number of ketones is 1. The van der Waals surface area contributed by atoms with Gasteiger partial charge in [-0.15, -0.1) is 0 Å². The van der Waals surface area contributed by atoms with Crippen LogP contribution in [0.25, 0.3) is 0 Å². The highest BCUT2D eigenvalue weighted by atomic mass is 32.2. The van der Waals surface area contributed by atoms with Crippen molar-refractivity contribution in [2.24, 2.45) is 5.92 Å². The van der Waals surface area contributed by atoms with Crippen LogP contribution in [0.2, 0.25) is 0 Å². The van der Waals surface area contributed by atoms with Crippen molar-refractivity contribution in [1.82, 2.24) is 5.32 Å². The lowest BCUT2D eigenvalue weighted by atomic mass is 9.99. The van der Waals surface area contributed by atoms with E-state index in [1.54, 1.807) is 11.8 Å². The van der Waals surface area contributed by atoms with Gasteiger partial charge in [-0.25, -0.2) is 0 Å². The van der Waals surface area contributed by atoms with Gasteiger partial charge in [-0.1, -0.05) is 27.7 Å². The van der Waals surface area contributed by atoms with Crippen LogP contribution >= 0.6 is 11.8 Å². The van der Waals surface area contributed by atoms with Crippen LogP contribution in [-0.2, 0) is 4.79 Å². The maximum Gasteiger partial charge on any atom is 0.152 e. The second-order valence-electron chi connectivity index (χ2n) is 4.21. The molecule has 0 aliphatic heterocycles. The number of carbonyl (C=O) groups excluding carboxylic acids is 1. The second-order valence-corrected chi connectivity index (χ2v) is 5.20. The first-order valence-electron chi connectivity index (χ1n) is 5.27. The summed E-state index contributed by atoms with van der Waals surface area (Å²) in [7, 11) is 0. The molecule has 0 spiro atoms. The summed E-state index contributed by atoms with van der Waals surface area (Å²) in [5.41, 5.74) is 0. The van der Waals surface area contributed by atoms with Gasteiger partial charge < -0.3 is 5.32 Å². The fraction of sp³-hybridized carbons (Fsp3) is 0.909. The topological polar surface area (TPSA) is 29.1 Å². The van der Waals surface area contributed by atoms with Crippen LogP contribution in [-0.4, -0.2) is 29.9 Å². The SMILES string of the molecule is CSCC[C@H](NC(C)C)C(=O)C(C)C. The Hall–Kier alpha value is -0.0200. The third kappa shape index (κ3) is 5.66. The highest BCUT2D eigenvalue weighted by molar-refractivity contribution is 7.98. The molecule has 0 saturated heterocycles. The van der Waals surface area contributed by atoms with Crippen molar-refractivity contribution < 1.29 is 4.79 Å². The molecule has 84 valence electrons. The van der Waals surface area contributed by atoms with E-state index in [0.717, 1.165) is 12.2 Å². The number of hydrogen-bond acceptors (Lipinski definition) is 3. The molecule has 1 N–H and O–H groups in total. The van der Waals surface area contributed by atoms with Gasteiger partial charge in [0.25, 0.3) is 0 Å². The summed E-state index contributed by atoms with van der Waals surface area (Å²) in [6.07, 6.45) is 3.02. The molecule has 3 heteroatoms. The number of hydrogen-bond donors (Lipinski definition) is 1. The predicted octanol–water partition coefficient (Wildman–Crippen LogP) is 2.33. The molecule has 0 aliphatic rings. The van der Waals surface area contributed by atoms with Crippen LogP contribution < -0.4 is 5.32 Å². The molecule has 0 radical (unpaired) electrons. The molecule has 0 fully saturated rings. The van der Waals surface area contributed by atoms with Gasteiger partial charge in [0.2, 0.25) is 0 Å². The molecule has 2 nitrogen and oxygen atoms in total. The Bertz CT molecular complexity index is 169. The summed E-state index contributed by atoms with van der Waals surface area (Å²) in [4.78, 5) is 11.8. The highest BCUT2D eigenvalue weighted by Crippen LogP contribution is 2.08. The normalized spacial score (nSPS) is 13.6. The molecule has 0 aliphatic carbocycles. The molecule has 0 rings (SSSR count). The van der Waals surface area contributed by atoms with Gasteiger partial charge in [0, 0.05) is 12.0 Å². The van der Waals surface area contributed by atoms with Crippen molar-refractivity contribution in [3.05, 3.63) is 0 Å². The molecule has 1 atom stereocenters. The minimum Gasteiger partial charge on any atom is -0.305 e. The number of thioether (sulfide) groups is 1. The molecule has 0 bridgehead atoms. The molecule has 0 amide bonds.